The third kappa shape index (κ3) is 4.16. The van der Waals surface area contributed by atoms with Crippen LogP contribution in [0.3, 0.4) is 0 Å². The maximum Gasteiger partial charge on any atom is 0.304 e. The number of aliphatic carboxylic acids is 1. The van der Waals surface area contributed by atoms with Gasteiger partial charge in [-0.25, -0.2) is 0 Å². The minimum atomic E-state index is -0.746. The third-order valence-corrected chi connectivity index (χ3v) is 3.32. The molecule has 0 bridgehead atoms. The average molecular weight is 264 g/mol. The molecule has 1 fully saturated rings. The second-order valence-corrected chi connectivity index (χ2v) is 5.18. The van der Waals surface area contributed by atoms with Crippen LogP contribution in [-0.4, -0.2) is 24.3 Å². The van der Waals surface area contributed by atoms with Gasteiger partial charge in [0.05, 0.1) is 19.6 Å². The molecule has 2 rings (SSSR count). The lowest BCUT2D eigenvalue weighted by atomic mass is 10.0. The van der Waals surface area contributed by atoms with Gasteiger partial charge >= 0.3 is 5.97 Å². The summed E-state index contributed by atoms with van der Waals surface area (Å²) in [7, 11) is 0. The Bertz CT molecular complexity index is 420. The van der Waals surface area contributed by atoms with Crippen LogP contribution in [0.25, 0.3) is 0 Å². The minimum absolute atomic E-state index is 0.136. The number of ether oxygens (including phenoxy) is 2. The van der Waals surface area contributed by atoms with Gasteiger partial charge in [-0.2, -0.15) is 0 Å². The van der Waals surface area contributed by atoms with Crippen LogP contribution in [0.2, 0.25) is 0 Å². The maximum atomic E-state index is 10.7. The summed E-state index contributed by atoms with van der Waals surface area (Å²) in [6, 6.07) is 7.48. The molecule has 0 heterocycles. The Labute approximate surface area is 113 Å². The van der Waals surface area contributed by atoms with Crippen molar-refractivity contribution in [3.05, 3.63) is 24.3 Å². The third-order valence-electron chi connectivity index (χ3n) is 3.32. The average Bonchev–Trinajstić information content (AvgIpc) is 3.14. The smallest absolute Gasteiger partial charge is 0.304 e. The quantitative estimate of drug-likeness (QED) is 0.783. The largest absolute Gasteiger partial charge is 0.494 e. The molecule has 1 aliphatic rings. The van der Waals surface area contributed by atoms with E-state index in [-0.39, 0.29) is 11.8 Å². The van der Waals surface area contributed by atoms with E-state index in [0.717, 1.165) is 30.8 Å². The normalized spacial score (nSPS) is 15.8. The van der Waals surface area contributed by atoms with E-state index in [0.29, 0.717) is 13.2 Å². The second-order valence-electron chi connectivity index (χ2n) is 5.18. The van der Waals surface area contributed by atoms with Gasteiger partial charge in [0, 0.05) is 5.41 Å². The molecule has 1 N–H and O–H groups in total. The lowest BCUT2D eigenvalue weighted by molar-refractivity contribution is -0.138. The van der Waals surface area contributed by atoms with E-state index in [4.69, 9.17) is 14.6 Å². The fraction of sp³-hybridized carbons (Fsp3) is 0.533. The van der Waals surface area contributed by atoms with E-state index < -0.39 is 5.97 Å². The number of rotatable bonds is 8. The number of carboxylic acid groups (broad SMARTS) is 1. The van der Waals surface area contributed by atoms with Crippen molar-refractivity contribution < 1.29 is 19.4 Å². The summed E-state index contributed by atoms with van der Waals surface area (Å²) in [5.41, 5.74) is -0.136. The van der Waals surface area contributed by atoms with E-state index >= 15 is 0 Å². The maximum absolute atomic E-state index is 10.7. The zero-order chi connectivity index (χ0) is 13.7. The molecule has 0 saturated heterocycles. The van der Waals surface area contributed by atoms with Gasteiger partial charge in [0.25, 0.3) is 0 Å². The molecule has 104 valence electrons. The van der Waals surface area contributed by atoms with Crippen LogP contribution in [0.4, 0.5) is 0 Å². The lowest BCUT2D eigenvalue weighted by Gasteiger charge is -2.14. The van der Waals surface area contributed by atoms with E-state index in [1.165, 1.54) is 0 Å². The van der Waals surface area contributed by atoms with Gasteiger partial charge in [0.2, 0.25) is 0 Å². The first-order valence-corrected chi connectivity index (χ1v) is 6.71. The van der Waals surface area contributed by atoms with Crippen molar-refractivity contribution in [3.8, 4) is 11.5 Å². The molecule has 1 aromatic carbocycles. The van der Waals surface area contributed by atoms with Crippen molar-refractivity contribution in [1.29, 1.82) is 0 Å². The van der Waals surface area contributed by atoms with Crippen LogP contribution in [0.15, 0.2) is 24.3 Å². The molecule has 19 heavy (non-hydrogen) atoms. The van der Waals surface area contributed by atoms with Gasteiger partial charge in [0.15, 0.2) is 0 Å². The molecule has 0 amide bonds. The molecule has 0 radical (unpaired) electrons. The summed E-state index contributed by atoms with van der Waals surface area (Å²) in [4.78, 5) is 10.7. The van der Waals surface area contributed by atoms with Crippen LogP contribution in [0.1, 0.15) is 32.6 Å². The Kier molecular flexibility index (Phi) is 4.30. The van der Waals surface area contributed by atoms with E-state index in [1.54, 1.807) is 0 Å². The highest BCUT2D eigenvalue weighted by atomic mass is 16.5. The van der Waals surface area contributed by atoms with Crippen LogP contribution >= 0.6 is 0 Å². The fourth-order valence-electron chi connectivity index (χ4n) is 1.96. The summed E-state index contributed by atoms with van der Waals surface area (Å²) in [5.74, 6) is 0.853. The minimum Gasteiger partial charge on any atom is -0.494 e. The zero-order valence-corrected chi connectivity index (χ0v) is 11.2. The SMILES string of the molecule is CCCOc1ccc(OCC2(CC(=O)O)CC2)cc1. The Morgan fingerprint density at radius 2 is 1.79 bits per heavy atom. The number of hydrogen-bond donors (Lipinski definition) is 1. The van der Waals surface area contributed by atoms with Gasteiger partial charge in [-0.1, -0.05) is 6.92 Å². The van der Waals surface area contributed by atoms with Crippen molar-refractivity contribution in [1.82, 2.24) is 0 Å². The predicted octanol–water partition coefficient (Wildman–Crippen LogP) is 3.11. The molecule has 0 spiro atoms. The van der Waals surface area contributed by atoms with Gasteiger partial charge < -0.3 is 14.6 Å². The Morgan fingerprint density at radius 3 is 2.26 bits per heavy atom. The second kappa shape index (κ2) is 5.95. The van der Waals surface area contributed by atoms with Gasteiger partial charge in [-0.3, -0.25) is 4.79 Å². The van der Waals surface area contributed by atoms with Gasteiger partial charge in [-0.05, 0) is 43.5 Å². The molecule has 1 aliphatic carbocycles. The summed E-state index contributed by atoms with van der Waals surface area (Å²) in [6.45, 7) is 3.26. The Hall–Kier alpha value is -1.71. The molecule has 0 unspecified atom stereocenters. The molecular formula is C15H20O4. The predicted molar refractivity (Wildman–Crippen MR) is 71.6 cm³/mol. The summed E-state index contributed by atoms with van der Waals surface area (Å²) in [5, 5.41) is 8.83. The van der Waals surface area contributed by atoms with E-state index in [2.05, 4.69) is 6.92 Å². The molecule has 0 aliphatic heterocycles. The molecular weight excluding hydrogens is 244 g/mol. The highest BCUT2D eigenvalue weighted by Crippen LogP contribution is 2.49. The van der Waals surface area contributed by atoms with Crippen molar-refractivity contribution in [3.63, 3.8) is 0 Å². The topological polar surface area (TPSA) is 55.8 Å². The Morgan fingerprint density at radius 1 is 1.21 bits per heavy atom. The Balaban J connectivity index is 1.81. The fourth-order valence-corrected chi connectivity index (χ4v) is 1.96. The summed E-state index contributed by atoms with van der Waals surface area (Å²) >= 11 is 0. The molecule has 0 aromatic heterocycles. The van der Waals surface area contributed by atoms with Gasteiger partial charge in [0.1, 0.15) is 11.5 Å². The highest BCUT2D eigenvalue weighted by molar-refractivity contribution is 5.68. The standard InChI is InChI=1S/C15H20O4/c1-2-9-18-12-3-5-13(6-4-12)19-11-15(7-8-15)10-14(16)17/h3-6H,2,7-11H2,1H3,(H,16,17). The zero-order valence-electron chi connectivity index (χ0n) is 11.2. The van der Waals surface area contributed by atoms with Crippen molar-refractivity contribution in [2.45, 2.75) is 32.6 Å². The van der Waals surface area contributed by atoms with Crippen molar-refractivity contribution in [2.24, 2.45) is 5.41 Å². The molecule has 4 nitrogen and oxygen atoms in total. The van der Waals surface area contributed by atoms with Crippen molar-refractivity contribution >= 4 is 5.97 Å². The van der Waals surface area contributed by atoms with Crippen molar-refractivity contribution in [2.75, 3.05) is 13.2 Å². The molecule has 0 atom stereocenters. The van der Waals surface area contributed by atoms with E-state index in [9.17, 15) is 4.79 Å². The summed E-state index contributed by atoms with van der Waals surface area (Å²) in [6.07, 6.45) is 3.06. The first-order valence-electron chi connectivity index (χ1n) is 6.71. The van der Waals surface area contributed by atoms with Crippen LogP contribution < -0.4 is 9.47 Å². The molecule has 1 aromatic rings. The van der Waals surface area contributed by atoms with Crippen LogP contribution in [-0.2, 0) is 4.79 Å². The van der Waals surface area contributed by atoms with Gasteiger partial charge in [-0.15, -0.1) is 0 Å². The number of carbonyl (C=O) groups is 1. The van der Waals surface area contributed by atoms with Crippen LogP contribution in [0.5, 0.6) is 11.5 Å². The highest BCUT2D eigenvalue weighted by Gasteiger charge is 2.45. The number of hydrogen-bond acceptors (Lipinski definition) is 3. The lowest BCUT2D eigenvalue weighted by Crippen LogP contribution is -2.17. The first kappa shape index (κ1) is 13.7. The number of benzene rings is 1. The molecule has 1 saturated carbocycles. The first-order chi connectivity index (χ1) is 9.13. The monoisotopic (exact) mass is 264 g/mol. The summed E-state index contributed by atoms with van der Waals surface area (Å²) < 4.78 is 11.2. The molecule has 4 heteroatoms. The van der Waals surface area contributed by atoms with E-state index in [1.807, 2.05) is 24.3 Å². The number of carboxylic acids is 1. The van der Waals surface area contributed by atoms with Crippen LogP contribution in [0, 0.1) is 5.41 Å².